The normalized spacial score (nSPS) is 9.15. The van der Waals surface area contributed by atoms with Crippen LogP contribution in [0, 0.1) is 11.3 Å². The molecule has 1 heterocycles. The molecule has 0 aliphatic rings. The van der Waals surface area contributed by atoms with Crippen LogP contribution in [0.4, 0.5) is 0 Å². The van der Waals surface area contributed by atoms with Gasteiger partial charge in [0.2, 0.25) is 0 Å². The number of carbonyl (C=O) groups is 1. The van der Waals surface area contributed by atoms with Crippen molar-refractivity contribution in [2.24, 2.45) is 0 Å². The van der Waals surface area contributed by atoms with E-state index in [4.69, 9.17) is 10.4 Å². The van der Waals surface area contributed by atoms with E-state index in [0.717, 1.165) is 11.8 Å². The number of carboxylic acid groups (broad SMARTS) is 1. The number of carboxylic acids is 1. The zero-order valence-electron chi connectivity index (χ0n) is 6.47. The average molecular weight is 195 g/mol. The first-order chi connectivity index (χ1) is 6.22. The number of aromatic nitrogens is 2. The Morgan fingerprint density at radius 2 is 2.54 bits per heavy atom. The Kier molecular flexibility index (Phi) is 3.23. The summed E-state index contributed by atoms with van der Waals surface area (Å²) >= 11 is 1.03. The second kappa shape index (κ2) is 4.42. The Balaban J connectivity index is 2.68. The van der Waals surface area contributed by atoms with Gasteiger partial charge in [0, 0.05) is 0 Å². The fourth-order valence-electron chi connectivity index (χ4n) is 0.614. The van der Waals surface area contributed by atoms with Crippen LogP contribution in [0.15, 0.2) is 17.3 Å². The van der Waals surface area contributed by atoms with Gasteiger partial charge in [-0.1, -0.05) is 11.8 Å². The van der Waals surface area contributed by atoms with E-state index < -0.39 is 5.97 Å². The van der Waals surface area contributed by atoms with Crippen LogP contribution in [0.3, 0.4) is 0 Å². The van der Waals surface area contributed by atoms with Crippen molar-refractivity contribution in [2.75, 3.05) is 5.75 Å². The fourth-order valence-corrected chi connectivity index (χ4v) is 1.20. The topological polar surface area (TPSA) is 86.9 Å². The molecule has 6 heteroatoms. The summed E-state index contributed by atoms with van der Waals surface area (Å²) in [5.74, 6) is -1.00. The molecule has 1 rings (SSSR count). The molecule has 13 heavy (non-hydrogen) atoms. The average Bonchev–Trinajstić information content (AvgIpc) is 2.15. The van der Waals surface area contributed by atoms with E-state index in [1.807, 2.05) is 6.07 Å². The number of aliphatic carboxylic acids is 1. The van der Waals surface area contributed by atoms with Gasteiger partial charge in [-0.25, -0.2) is 0 Å². The zero-order valence-corrected chi connectivity index (χ0v) is 7.28. The number of rotatable bonds is 3. The summed E-state index contributed by atoms with van der Waals surface area (Å²) in [6, 6.07) is 3.39. The van der Waals surface area contributed by atoms with Crippen molar-refractivity contribution < 1.29 is 9.90 Å². The lowest BCUT2D eigenvalue weighted by Crippen LogP contribution is -1.98. The van der Waals surface area contributed by atoms with E-state index in [9.17, 15) is 4.79 Å². The fraction of sp³-hybridized carbons (Fsp3) is 0.143. The van der Waals surface area contributed by atoms with Gasteiger partial charge < -0.3 is 5.11 Å². The molecule has 1 aromatic heterocycles. The maximum absolute atomic E-state index is 10.2. The van der Waals surface area contributed by atoms with Gasteiger partial charge in [0.15, 0.2) is 0 Å². The van der Waals surface area contributed by atoms with E-state index >= 15 is 0 Å². The summed E-state index contributed by atoms with van der Waals surface area (Å²) in [7, 11) is 0. The number of thioether (sulfide) groups is 1. The number of nitriles is 1. The van der Waals surface area contributed by atoms with Gasteiger partial charge >= 0.3 is 5.97 Å². The first-order valence-electron chi connectivity index (χ1n) is 3.30. The Labute approximate surface area is 78.4 Å². The first kappa shape index (κ1) is 9.48. The van der Waals surface area contributed by atoms with E-state index in [-0.39, 0.29) is 5.75 Å². The molecule has 0 unspecified atom stereocenters. The third-order valence-electron chi connectivity index (χ3n) is 1.10. The van der Waals surface area contributed by atoms with E-state index in [0.29, 0.717) is 10.6 Å². The van der Waals surface area contributed by atoms with Gasteiger partial charge in [0.25, 0.3) is 0 Å². The molecule has 0 saturated heterocycles. The van der Waals surface area contributed by atoms with Gasteiger partial charge in [0.05, 0.1) is 17.5 Å². The molecule has 0 fully saturated rings. The molecule has 0 aromatic carbocycles. The van der Waals surface area contributed by atoms with Crippen molar-refractivity contribution in [3.63, 3.8) is 0 Å². The van der Waals surface area contributed by atoms with Crippen molar-refractivity contribution in [3.8, 4) is 6.07 Å². The molecule has 5 nitrogen and oxygen atoms in total. The second-order valence-electron chi connectivity index (χ2n) is 2.08. The molecular formula is C7H5N3O2S. The monoisotopic (exact) mass is 195 g/mol. The number of hydrogen-bond acceptors (Lipinski definition) is 5. The van der Waals surface area contributed by atoms with Crippen LogP contribution in [0.5, 0.6) is 0 Å². The zero-order chi connectivity index (χ0) is 9.68. The largest absolute Gasteiger partial charge is 0.481 e. The molecule has 0 atom stereocenters. The molecule has 0 aliphatic carbocycles. The van der Waals surface area contributed by atoms with E-state index in [1.165, 1.54) is 12.3 Å². The predicted molar refractivity (Wildman–Crippen MR) is 45.1 cm³/mol. The Bertz CT molecular complexity index is 361. The molecule has 0 spiro atoms. The van der Waals surface area contributed by atoms with Crippen LogP contribution in [0.25, 0.3) is 0 Å². The first-order valence-corrected chi connectivity index (χ1v) is 4.28. The van der Waals surface area contributed by atoms with Gasteiger partial charge in [-0.15, -0.1) is 5.10 Å². The summed E-state index contributed by atoms with van der Waals surface area (Å²) in [5.41, 5.74) is 0.378. The molecule has 0 amide bonds. The lowest BCUT2D eigenvalue weighted by molar-refractivity contribution is -0.133. The SMILES string of the molecule is N#Cc1cnnc(SCC(=O)O)c1. The smallest absolute Gasteiger partial charge is 0.313 e. The van der Waals surface area contributed by atoms with Crippen LogP contribution in [-0.4, -0.2) is 27.0 Å². The van der Waals surface area contributed by atoms with Gasteiger partial charge in [-0.3, -0.25) is 4.79 Å². The minimum Gasteiger partial charge on any atom is -0.481 e. The maximum atomic E-state index is 10.2. The van der Waals surface area contributed by atoms with Crippen molar-refractivity contribution >= 4 is 17.7 Å². The summed E-state index contributed by atoms with van der Waals surface area (Å²) < 4.78 is 0. The second-order valence-corrected chi connectivity index (χ2v) is 3.07. The lowest BCUT2D eigenvalue weighted by Gasteiger charge is -1.95. The highest BCUT2D eigenvalue weighted by molar-refractivity contribution is 7.99. The minimum absolute atomic E-state index is 0.0798. The molecular weight excluding hydrogens is 190 g/mol. The Morgan fingerprint density at radius 1 is 1.77 bits per heavy atom. The minimum atomic E-state index is -0.922. The summed E-state index contributed by atoms with van der Waals surface area (Å²) in [5, 5.41) is 24.5. The molecule has 0 bridgehead atoms. The van der Waals surface area contributed by atoms with Crippen molar-refractivity contribution in [1.29, 1.82) is 5.26 Å². The molecule has 0 aliphatic heterocycles. The molecule has 1 N–H and O–H groups in total. The number of nitrogens with zero attached hydrogens (tertiary/aromatic N) is 3. The lowest BCUT2D eigenvalue weighted by atomic mass is 10.3. The predicted octanol–water partition coefficient (Wildman–Crippen LogP) is 0.525. The third-order valence-corrected chi connectivity index (χ3v) is 1.99. The highest BCUT2D eigenvalue weighted by Gasteiger charge is 2.02. The Hall–Kier alpha value is -1.61. The molecule has 1 aromatic rings. The van der Waals surface area contributed by atoms with Crippen molar-refractivity contribution in [1.82, 2.24) is 10.2 Å². The highest BCUT2D eigenvalue weighted by atomic mass is 32.2. The molecule has 0 radical (unpaired) electrons. The van der Waals surface area contributed by atoms with Gasteiger partial charge in [-0.2, -0.15) is 10.4 Å². The van der Waals surface area contributed by atoms with E-state index in [1.54, 1.807) is 0 Å². The Morgan fingerprint density at radius 3 is 3.15 bits per heavy atom. The molecule has 0 saturated carbocycles. The molecule has 66 valence electrons. The van der Waals surface area contributed by atoms with E-state index in [2.05, 4.69) is 10.2 Å². The van der Waals surface area contributed by atoms with Crippen LogP contribution in [-0.2, 0) is 4.79 Å². The standard InChI is InChI=1S/C7H5N3O2S/c8-2-5-1-6(10-9-3-5)13-4-7(11)12/h1,3H,4H2,(H,11,12). The quantitative estimate of drug-likeness (QED) is 0.707. The highest BCUT2D eigenvalue weighted by Crippen LogP contribution is 2.14. The van der Waals surface area contributed by atoms with Crippen molar-refractivity contribution in [3.05, 3.63) is 17.8 Å². The van der Waals surface area contributed by atoms with Crippen molar-refractivity contribution in [2.45, 2.75) is 5.03 Å². The maximum Gasteiger partial charge on any atom is 0.313 e. The van der Waals surface area contributed by atoms with Crippen LogP contribution in [0.2, 0.25) is 0 Å². The third kappa shape index (κ3) is 3.09. The summed E-state index contributed by atoms with van der Waals surface area (Å²) in [6.45, 7) is 0. The van der Waals surface area contributed by atoms with Crippen LogP contribution < -0.4 is 0 Å². The number of hydrogen-bond donors (Lipinski definition) is 1. The van der Waals surface area contributed by atoms with Crippen LogP contribution >= 0.6 is 11.8 Å². The summed E-state index contributed by atoms with van der Waals surface area (Å²) in [6.07, 6.45) is 1.32. The summed E-state index contributed by atoms with van der Waals surface area (Å²) in [4.78, 5) is 10.2. The van der Waals surface area contributed by atoms with Gasteiger partial charge in [0.1, 0.15) is 11.1 Å². The van der Waals surface area contributed by atoms with Gasteiger partial charge in [-0.05, 0) is 6.07 Å². The van der Waals surface area contributed by atoms with Crippen LogP contribution in [0.1, 0.15) is 5.56 Å².